The third kappa shape index (κ3) is 4.79. The van der Waals surface area contributed by atoms with Crippen LogP contribution in [0.5, 0.6) is 0 Å². The number of thioether (sulfide) groups is 1. The molecule has 3 aromatic rings. The summed E-state index contributed by atoms with van der Waals surface area (Å²) in [6.45, 7) is 3.00. The van der Waals surface area contributed by atoms with Crippen molar-refractivity contribution in [3.8, 4) is 0 Å². The average molecular weight is 378 g/mol. The van der Waals surface area contributed by atoms with Gasteiger partial charge in [-0.15, -0.1) is 11.3 Å². The minimum absolute atomic E-state index is 0.241. The Labute approximate surface area is 153 Å². The van der Waals surface area contributed by atoms with Gasteiger partial charge in [0, 0.05) is 18.5 Å². The summed E-state index contributed by atoms with van der Waals surface area (Å²) in [7, 11) is 1.65. The van der Waals surface area contributed by atoms with Crippen LogP contribution >= 0.6 is 23.1 Å². The normalized spacial score (nSPS) is 11.1. The Morgan fingerprint density at radius 3 is 3.00 bits per heavy atom. The molecule has 0 radical (unpaired) electrons. The number of aromatic amines is 1. The summed E-state index contributed by atoms with van der Waals surface area (Å²) >= 11 is 3.11. The summed E-state index contributed by atoms with van der Waals surface area (Å²) in [5.41, 5.74) is 2.83. The highest BCUT2D eigenvalue weighted by molar-refractivity contribution is 8.01. The molecule has 25 heavy (non-hydrogen) atoms. The fraction of sp³-hybridized carbons (Fsp3) is 0.312. The highest BCUT2D eigenvalue weighted by Crippen LogP contribution is 2.31. The van der Waals surface area contributed by atoms with Gasteiger partial charge < -0.3 is 14.8 Å². The molecule has 1 amide bonds. The lowest BCUT2D eigenvalue weighted by Crippen LogP contribution is -2.12. The quantitative estimate of drug-likeness (QED) is 0.355. The van der Waals surface area contributed by atoms with Crippen molar-refractivity contribution in [2.24, 2.45) is 0 Å². The second-order valence-electron chi connectivity index (χ2n) is 5.22. The van der Waals surface area contributed by atoms with Crippen LogP contribution in [0, 0.1) is 6.92 Å². The van der Waals surface area contributed by atoms with Gasteiger partial charge in [-0.25, -0.2) is 4.98 Å². The van der Waals surface area contributed by atoms with Crippen LogP contribution in [0.25, 0.3) is 10.2 Å². The van der Waals surface area contributed by atoms with E-state index >= 15 is 0 Å². The Morgan fingerprint density at radius 1 is 1.36 bits per heavy atom. The SMILES string of the molecule is COCCOCSc1nc2ccc(NC(=O)c3cc(C)[nH]n3)cc2s1. The third-order valence-corrected chi connectivity index (χ3v) is 5.30. The molecule has 2 aromatic heterocycles. The van der Waals surface area contributed by atoms with Crippen molar-refractivity contribution in [2.45, 2.75) is 11.3 Å². The highest BCUT2D eigenvalue weighted by atomic mass is 32.2. The number of thiazole rings is 1. The Kier molecular flexibility index (Phi) is 6.03. The Morgan fingerprint density at radius 2 is 2.24 bits per heavy atom. The number of carbonyl (C=O) groups is 1. The fourth-order valence-corrected chi connectivity index (χ4v) is 3.92. The Hall–Kier alpha value is -1.94. The van der Waals surface area contributed by atoms with E-state index in [4.69, 9.17) is 9.47 Å². The van der Waals surface area contributed by atoms with Crippen LogP contribution in [-0.4, -0.2) is 47.4 Å². The number of aromatic nitrogens is 3. The number of benzene rings is 1. The zero-order valence-electron chi connectivity index (χ0n) is 13.9. The maximum atomic E-state index is 12.2. The van der Waals surface area contributed by atoms with Crippen molar-refractivity contribution >= 4 is 44.9 Å². The van der Waals surface area contributed by atoms with Gasteiger partial charge in [-0.05, 0) is 31.2 Å². The first kappa shape index (κ1) is 17.9. The zero-order valence-corrected chi connectivity index (χ0v) is 15.5. The molecule has 2 heterocycles. The number of ether oxygens (including phenoxy) is 2. The Bertz CT molecular complexity index is 862. The van der Waals surface area contributed by atoms with Crippen molar-refractivity contribution in [3.05, 3.63) is 35.7 Å². The van der Waals surface area contributed by atoms with Crippen LogP contribution in [0.2, 0.25) is 0 Å². The average Bonchev–Trinajstić information content (AvgIpc) is 3.20. The lowest BCUT2D eigenvalue weighted by molar-refractivity contribution is 0.0953. The third-order valence-electron chi connectivity index (χ3n) is 3.26. The summed E-state index contributed by atoms with van der Waals surface area (Å²) in [5.74, 6) is 0.292. The van der Waals surface area contributed by atoms with Crippen molar-refractivity contribution in [1.82, 2.24) is 15.2 Å². The smallest absolute Gasteiger partial charge is 0.276 e. The number of fused-ring (bicyclic) bond motifs is 1. The second-order valence-corrected chi connectivity index (χ2v) is 7.42. The van der Waals surface area contributed by atoms with Gasteiger partial charge in [0.25, 0.3) is 5.91 Å². The molecule has 0 aliphatic heterocycles. The van der Waals surface area contributed by atoms with Crippen LogP contribution in [0.15, 0.2) is 28.6 Å². The number of nitrogens with one attached hydrogen (secondary N) is 2. The van der Waals surface area contributed by atoms with Gasteiger partial charge in [-0.2, -0.15) is 5.10 Å². The standard InChI is InChI=1S/C16H18N4O3S2/c1-10-7-13(20-19-10)15(21)17-11-3-4-12-14(8-11)25-16(18-12)24-9-23-6-5-22-2/h3-4,7-8H,5-6,9H2,1-2H3,(H,17,21)(H,19,20). The Balaban J connectivity index is 1.62. The zero-order chi connectivity index (χ0) is 17.6. The highest BCUT2D eigenvalue weighted by Gasteiger charge is 2.11. The topological polar surface area (TPSA) is 89.1 Å². The van der Waals surface area contributed by atoms with Crippen LogP contribution in [-0.2, 0) is 9.47 Å². The summed E-state index contributed by atoms with van der Waals surface area (Å²) in [5, 5.41) is 9.57. The summed E-state index contributed by atoms with van der Waals surface area (Å²) in [6, 6.07) is 7.36. The number of methoxy groups -OCH3 is 1. The molecule has 0 spiro atoms. The van der Waals surface area contributed by atoms with Crippen LogP contribution in [0.3, 0.4) is 0 Å². The van der Waals surface area contributed by atoms with Crippen molar-refractivity contribution in [1.29, 1.82) is 0 Å². The molecule has 0 atom stereocenters. The lowest BCUT2D eigenvalue weighted by atomic mass is 10.3. The number of aryl methyl sites for hydroxylation is 1. The number of hydrogen-bond donors (Lipinski definition) is 2. The lowest BCUT2D eigenvalue weighted by Gasteiger charge is -2.02. The molecule has 0 aliphatic rings. The van der Waals surface area contributed by atoms with Crippen molar-refractivity contribution in [2.75, 3.05) is 31.6 Å². The first-order valence-corrected chi connectivity index (χ1v) is 9.39. The van der Waals surface area contributed by atoms with E-state index in [9.17, 15) is 4.79 Å². The molecule has 0 unspecified atom stereocenters. The van der Waals surface area contributed by atoms with E-state index < -0.39 is 0 Å². The number of nitrogens with zero attached hydrogens (tertiary/aromatic N) is 2. The molecule has 9 heteroatoms. The molecule has 132 valence electrons. The van der Waals surface area contributed by atoms with Gasteiger partial charge in [0.15, 0.2) is 10.0 Å². The van der Waals surface area contributed by atoms with Gasteiger partial charge in [-0.1, -0.05) is 11.8 Å². The largest absolute Gasteiger partial charge is 0.382 e. The molecular weight excluding hydrogens is 360 g/mol. The number of rotatable bonds is 8. The number of H-pyrrole nitrogens is 1. The minimum atomic E-state index is -0.241. The van der Waals surface area contributed by atoms with E-state index in [2.05, 4.69) is 20.5 Å². The van der Waals surface area contributed by atoms with E-state index in [1.54, 1.807) is 36.3 Å². The molecule has 2 N–H and O–H groups in total. The van der Waals surface area contributed by atoms with Crippen LogP contribution in [0.4, 0.5) is 5.69 Å². The number of hydrogen-bond acceptors (Lipinski definition) is 7. The van der Waals surface area contributed by atoms with Gasteiger partial charge in [0.05, 0.1) is 29.4 Å². The van der Waals surface area contributed by atoms with E-state index in [-0.39, 0.29) is 5.91 Å². The first-order valence-electron chi connectivity index (χ1n) is 7.59. The molecule has 0 fully saturated rings. The predicted octanol–water partition coefficient (Wildman–Crippen LogP) is 3.29. The summed E-state index contributed by atoms with van der Waals surface area (Å²) in [4.78, 5) is 16.7. The van der Waals surface area contributed by atoms with Gasteiger partial charge in [0.1, 0.15) is 0 Å². The van der Waals surface area contributed by atoms with E-state index in [0.29, 0.717) is 24.8 Å². The molecular formula is C16H18N4O3S2. The second kappa shape index (κ2) is 8.43. The van der Waals surface area contributed by atoms with Gasteiger partial charge >= 0.3 is 0 Å². The summed E-state index contributed by atoms with van der Waals surface area (Å²) < 4.78 is 12.3. The van der Waals surface area contributed by atoms with Crippen molar-refractivity contribution in [3.63, 3.8) is 0 Å². The van der Waals surface area contributed by atoms with E-state index in [1.807, 2.05) is 25.1 Å². The molecule has 3 rings (SSSR count). The van der Waals surface area contributed by atoms with Crippen molar-refractivity contribution < 1.29 is 14.3 Å². The van der Waals surface area contributed by atoms with E-state index in [1.165, 1.54) is 0 Å². The minimum Gasteiger partial charge on any atom is -0.382 e. The molecule has 0 saturated carbocycles. The number of anilines is 1. The van der Waals surface area contributed by atoms with Crippen LogP contribution < -0.4 is 5.32 Å². The maximum absolute atomic E-state index is 12.2. The van der Waals surface area contributed by atoms with E-state index in [0.717, 1.165) is 25.9 Å². The predicted molar refractivity (Wildman–Crippen MR) is 99.4 cm³/mol. The number of amides is 1. The molecule has 7 nitrogen and oxygen atoms in total. The fourth-order valence-electron chi connectivity index (χ4n) is 2.07. The van der Waals surface area contributed by atoms with Gasteiger partial charge in [-0.3, -0.25) is 9.89 Å². The maximum Gasteiger partial charge on any atom is 0.276 e. The molecule has 0 bridgehead atoms. The molecule has 1 aromatic carbocycles. The molecule has 0 saturated heterocycles. The molecule has 0 aliphatic carbocycles. The van der Waals surface area contributed by atoms with Crippen LogP contribution in [0.1, 0.15) is 16.2 Å². The first-order chi connectivity index (χ1) is 12.2. The van der Waals surface area contributed by atoms with Gasteiger partial charge in [0.2, 0.25) is 0 Å². The number of carbonyl (C=O) groups excluding carboxylic acids is 1. The monoisotopic (exact) mass is 378 g/mol. The summed E-state index contributed by atoms with van der Waals surface area (Å²) in [6.07, 6.45) is 0.